The van der Waals surface area contributed by atoms with Gasteiger partial charge in [0.25, 0.3) is 0 Å². The first kappa shape index (κ1) is 11.3. The molecule has 1 atom stereocenters. The minimum absolute atomic E-state index is 0.0197. The summed E-state index contributed by atoms with van der Waals surface area (Å²) >= 11 is 1.59. The second kappa shape index (κ2) is 4.76. The molecular weight excluding hydrogens is 220 g/mol. The van der Waals surface area contributed by atoms with Gasteiger partial charge in [0.15, 0.2) is 0 Å². The van der Waals surface area contributed by atoms with Gasteiger partial charge in [-0.1, -0.05) is 13.8 Å². The number of hydrogen-bond donors (Lipinski definition) is 2. The van der Waals surface area contributed by atoms with E-state index in [1.165, 1.54) is 0 Å². The van der Waals surface area contributed by atoms with E-state index in [4.69, 9.17) is 5.73 Å². The molecule has 1 unspecified atom stereocenters. The molecule has 2 heterocycles. The minimum Gasteiger partial charge on any atom is -0.339 e. The predicted molar refractivity (Wildman–Crippen MR) is 66.1 cm³/mol. The van der Waals surface area contributed by atoms with Gasteiger partial charge in [0.1, 0.15) is 10.8 Å². The van der Waals surface area contributed by atoms with E-state index in [0.717, 1.165) is 22.9 Å². The van der Waals surface area contributed by atoms with Crippen LogP contribution in [0.15, 0.2) is 17.8 Å². The number of rotatable bonds is 4. The lowest BCUT2D eigenvalue weighted by Gasteiger charge is -2.10. The first-order valence-electron chi connectivity index (χ1n) is 5.37. The van der Waals surface area contributed by atoms with Crippen molar-refractivity contribution < 1.29 is 0 Å². The lowest BCUT2D eigenvalue weighted by Crippen LogP contribution is -2.14. The third-order valence-corrected chi connectivity index (χ3v) is 3.14. The third-order valence-electron chi connectivity index (χ3n) is 2.33. The molecule has 16 heavy (non-hydrogen) atoms. The Morgan fingerprint density at radius 3 is 2.88 bits per heavy atom. The molecule has 86 valence electrons. The predicted octanol–water partition coefficient (Wildman–Crippen LogP) is 2.58. The summed E-state index contributed by atoms with van der Waals surface area (Å²) in [5, 5.41) is 2.90. The van der Waals surface area contributed by atoms with Crippen molar-refractivity contribution in [3.8, 4) is 10.7 Å². The van der Waals surface area contributed by atoms with Crippen LogP contribution in [0.3, 0.4) is 0 Å². The van der Waals surface area contributed by atoms with Crippen LogP contribution in [0.25, 0.3) is 10.7 Å². The Hall–Kier alpha value is -1.20. The fourth-order valence-corrected chi connectivity index (χ4v) is 2.21. The number of H-pyrrole nitrogens is 1. The number of aromatic amines is 1. The van der Waals surface area contributed by atoms with Crippen molar-refractivity contribution >= 4 is 11.3 Å². The van der Waals surface area contributed by atoms with Crippen molar-refractivity contribution in [2.45, 2.75) is 26.3 Å². The Labute approximate surface area is 98.9 Å². The Morgan fingerprint density at radius 1 is 1.44 bits per heavy atom. The number of aromatic nitrogens is 3. The SMILES string of the molecule is CC(C)CC(N)c1ncc(-c2nccs2)[nH]1. The zero-order chi connectivity index (χ0) is 11.5. The molecule has 0 saturated heterocycles. The highest BCUT2D eigenvalue weighted by Gasteiger charge is 2.13. The molecule has 0 fully saturated rings. The van der Waals surface area contributed by atoms with Crippen LogP contribution in [-0.4, -0.2) is 15.0 Å². The third kappa shape index (κ3) is 2.48. The fraction of sp³-hybridized carbons (Fsp3) is 0.455. The number of imidazole rings is 1. The van der Waals surface area contributed by atoms with Crippen LogP contribution in [0.2, 0.25) is 0 Å². The van der Waals surface area contributed by atoms with E-state index in [1.54, 1.807) is 23.7 Å². The molecule has 5 heteroatoms. The summed E-state index contributed by atoms with van der Waals surface area (Å²) in [6.45, 7) is 4.31. The smallest absolute Gasteiger partial charge is 0.141 e. The van der Waals surface area contributed by atoms with E-state index in [1.807, 2.05) is 5.38 Å². The Balaban J connectivity index is 2.13. The number of thiazole rings is 1. The molecule has 2 aromatic rings. The van der Waals surface area contributed by atoms with Gasteiger partial charge in [-0.2, -0.15) is 0 Å². The number of nitrogens with one attached hydrogen (secondary N) is 1. The van der Waals surface area contributed by atoms with Gasteiger partial charge < -0.3 is 10.7 Å². The van der Waals surface area contributed by atoms with E-state index in [9.17, 15) is 0 Å². The van der Waals surface area contributed by atoms with Crippen LogP contribution >= 0.6 is 11.3 Å². The van der Waals surface area contributed by atoms with E-state index >= 15 is 0 Å². The van der Waals surface area contributed by atoms with Gasteiger partial charge in [-0.05, 0) is 12.3 Å². The van der Waals surface area contributed by atoms with Crippen LogP contribution in [0, 0.1) is 5.92 Å². The summed E-state index contributed by atoms with van der Waals surface area (Å²) in [6.07, 6.45) is 4.52. The lowest BCUT2D eigenvalue weighted by molar-refractivity contribution is 0.496. The van der Waals surface area contributed by atoms with Gasteiger partial charge in [-0.15, -0.1) is 11.3 Å². The molecule has 0 bridgehead atoms. The normalized spacial score (nSPS) is 13.2. The molecule has 2 aromatic heterocycles. The highest BCUT2D eigenvalue weighted by atomic mass is 32.1. The molecule has 0 amide bonds. The molecule has 0 aliphatic heterocycles. The molecule has 0 spiro atoms. The zero-order valence-electron chi connectivity index (χ0n) is 9.47. The minimum atomic E-state index is -0.0197. The number of hydrogen-bond acceptors (Lipinski definition) is 4. The summed E-state index contributed by atoms with van der Waals surface area (Å²) in [5.74, 6) is 1.42. The first-order valence-corrected chi connectivity index (χ1v) is 6.25. The van der Waals surface area contributed by atoms with Crippen LogP contribution in [0.5, 0.6) is 0 Å². The first-order chi connectivity index (χ1) is 7.66. The number of nitrogens with zero attached hydrogens (tertiary/aromatic N) is 2. The Kier molecular flexibility index (Phi) is 3.36. The number of nitrogens with two attached hydrogens (primary N) is 1. The van der Waals surface area contributed by atoms with Crippen LogP contribution in [0.1, 0.15) is 32.1 Å². The van der Waals surface area contributed by atoms with Crippen molar-refractivity contribution in [2.24, 2.45) is 11.7 Å². The van der Waals surface area contributed by atoms with E-state index in [2.05, 4.69) is 28.8 Å². The lowest BCUT2D eigenvalue weighted by atomic mass is 10.0. The highest BCUT2D eigenvalue weighted by molar-refractivity contribution is 7.13. The van der Waals surface area contributed by atoms with Crippen molar-refractivity contribution in [3.63, 3.8) is 0 Å². The van der Waals surface area contributed by atoms with Crippen LogP contribution in [-0.2, 0) is 0 Å². The molecule has 0 aliphatic carbocycles. The van der Waals surface area contributed by atoms with Gasteiger partial charge >= 0.3 is 0 Å². The maximum Gasteiger partial charge on any atom is 0.141 e. The molecule has 0 aromatic carbocycles. The summed E-state index contributed by atoms with van der Waals surface area (Å²) in [4.78, 5) is 11.8. The standard InChI is InChI=1S/C11H16N4S/c1-7(2)5-8(12)10-14-6-9(15-10)11-13-3-4-16-11/h3-4,6-8H,5,12H2,1-2H3,(H,14,15). The summed E-state index contributed by atoms with van der Waals surface area (Å²) in [5.41, 5.74) is 7.00. The molecule has 0 saturated carbocycles. The molecular formula is C11H16N4S. The van der Waals surface area contributed by atoms with E-state index in [0.29, 0.717) is 5.92 Å². The Bertz CT molecular complexity index is 433. The Morgan fingerprint density at radius 2 is 2.25 bits per heavy atom. The van der Waals surface area contributed by atoms with Crippen molar-refractivity contribution in [1.82, 2.24) is 15.0 Å². The highest BCUT2D eigenvalue weighted by Crippen LogP contribution is 2.22. The largest absolute Gasteiger partial charge is 0.339 e. The second-order valence-electron chi connectivity index (χ2n) is 4.26. The molecule has 0 radical (unpaired) electrons. The zero-order valence-corrected chi connectivity index (χ0v) is 10.3. The van der Waals surface area contributed by atoms with Gasteiger partial charge in [0.2, 0.25) is 0 Å². The van der Waals surface area contributed by atoms with Gasteiger partial charge in [0.05, 0.1) is 17.9 Å². The second-order valence-corrected chi connectivity index (χ2v) is 5.15. The van der Waals surface area contributed by atoms with Crippen molar-refractivity contribution in [2.75, 3.05) is 0 Å². The summed E-state index contributed by atoms with van der Waals surface area (Å²) in [7, 11) is 0. The summed E-state index contributed by atoms with van der Waals surface area (Å²) in [6, 6.07) is -0.0197. The van der Waals surface area contributed by atoms with Crippen molar-refractivity contribution in [3.05, 3.63) is 23.6 Å². The van der Waals surface area contributed by atoms with Gasteiger partial charge in [-0.3, -0.25) is 0 Å². The summed E-state index contributed by atoms with van der Waals surface area (Å²) < 4.78 is 0. The average molecular weight is 236 g/mol. The fourth-order valence-electron chi connectivity index (χ4n) is 1.61. The molecule has 4 nitrogen and oxygen atoms in total. The van der Waals surface area contributed by atoms with Gasteiger partial charge in [-0.25, -0.2) is 9.97 Å². The van der Waals surface area contributed by atoms with Crippen LogP contribution in [0.4, 0.5) is 0 Å². The molecule has 0 aliphatic rings. The van der Waals surface area contributed by atoms with E-state index < -0.39 is 0 Å². The quantitative estimate of drug-likeness (QED) is 0.857. The average Bonchev–Trinajstić information content (AvgIpc) is 2.87. The monoisotopic (exact) mass is 236 g/mol. The van der Waals surface area contributed by atoms with E-state index in [-0.39, 0.29) is 6.04 Å². The topological polar surface area (TPSA) is 67.6 Å². The maximum absolute atomic E-state index is 6.05. The maximum atomic E-state index is 6.05. The molecule has 2 rings (SSSR count). The molecule has 3 N–H and O–H groups in total. The van der Waals surface area contributed by atoms with Crippen LogP contribution < -0.4 is 5.73 Å². The van der Waals surface area contributed by atoms with Gasteiger partial charge in [0, 0.05) is 11.6 Å². The van der Waals surface area contributed by atoms with Crippen molar-refractivity contribution in [1.29, 1.82) is 0 Å².